The van der Waals surface area contributed by atoms with Crippen molar-refractivity contribution in [3.63, 3.8) is 0 Å². The SMILES string of the molecule is CC(C)NC(N)=NCCc1ccc(C(C)(C)C)cc1. The van der Waals surface area contributed by atoms with Crippen LogP contribution >= 0.6 is 0 Å². The minimum Gasteiger partial charge on any atom is -0.370 e. The molecular weight excluding hydrogens is 234 g/mol. The van der Waals surface area contributed by atoms with E-state index in [2.05, 4.69) is 55.3 Å². The van der Waals surface area contributed by atoms with Gasteiger partial charge in [0, 0.05) is 12.6 Å². The summed E-state index contributed by atoms with van der Waals surface area (Å²) >= 11 is 0. The minimum atomic E-state index is 0.211. The van der Waals surface area contributed by atoms with Crippen LogP contribution in [0.5, 0.6) is 0 Å². The largest absolute Gasteiger partial charge is 0.370 e. The van der Waals surface area contributed by atoms with Crippen molar-refractivity contribution in [2.75, 3.05) is 6.54 Å². The molecule has 1 aromatic rings. The fraction of sp³-hybridized carbons (Fsp3) is 0.562. The molecule has 0 heterocycles. The molecule has 0 saturated carbocycles. The summed E-state index contributed by atoms with van der Waals surface area (Å²) < 4.78 is 0. The molecule has 3 N–H and O–H groups in total. The summed E-state index contributed by atoms with van der Waals surface area (Å²) in [5.74, 6) is 0.529. The average molecular weight is 261 g/mol. The molecule has 3 nitrogen and oxygen atoms in total. The van der Waals surface area contributed by atoms with Crippen LogP contribution in [0.4, 0.5) is 0 Å². The number of hydrogen-bond acceptors (Lipinski definition) is 1. The molecule has 0 atom stereocenters. The maximum Gasteiger partial charge on any atom is 0.188 e. The Kier molecular flexibility index (Phi) is 5.40. The highest BCUT2D eigenvalue weighted by Gasteiger charge is 2.12. The Labute approximate surface area is 117 Å². The number of rotatable bonds is 4. The van der Waals surface area contributed by atoms with Crippen LogP contribution in [0.1, 0.15) is 45.7 Å². The maximum atomic E-state index is 5.76. The molecule has 0 aliphatic rings. The first-order valence-electron chi connectivity index (χ1n) is 6.95. The number of nitrogens with zero attached hydrogens (tertiary/aromatic N) is 1. The Morgan fingerprint density at radius 2 is 1.79 bits per heavy atom. The number of nitrogens with two attached hydrogens (primary N) is 1. The molecule has 0 aromatic heterocycles. The fourth-order valence-corrected chi connectivity index (χ4v) is 1.82. The zero-order valence-electron chi connectivity index (χ0n) is 12.8. The van der Waals surface area contributed by atoms with Gasteiger partial charge in [0.2, 0.25) is 0 Å². The van der Waals surface area contributed by atoms with E-state index in [1.165, 1.54) is 11.1 Å². The summed E-state index contributed by atoms with van der Waals surface area (Å²) in [7, 11) is 0. The third-order valence-electron chi connectivity index (χ3n) is 2.94. The second-order valence-corrected chi connectivity index (χ2v) is 6.26. The second-order valence-electron chi connectivity index (χ2n) is 6.26. The van der Waals surface area contributed by atoms with Crippen LogP contribution in [-0.4, -0.2) is 18.5 Å². The first kappa shape index (κ1) is 15.5. The summed E-state index contributed by atoms with van der Waals surface area (Å²) in [6, 6.07) is 9.10. The van der Waals surface area contributed by atoms with E-state index in [-0.39, 0.29) is 5.41 Å². The molecular formula is C16H27N3. The van der Waals surface area contributed by atoms with E-state index in [0.717, 1.165) is 13.0 Å². The van der Waals surface area contributed by atoms with Crippen LogP contribution < -0.4 is 11.1 Å². The van der Waals surface area contributed by atoms with Crippen molar-refractivity contribution < 1.29 is 0 Å². The first-order valence-corrected chi connectivity index (χ1v) is 6.95. The molecule has 3 heteroatoms. The zero-order valence-corrected chi connectivity index (χ0v) is 12.8. The maximum absolute atomic E-state index is 5.76. The number of aliphatic imine (C=N–C) groups is 1. The van der Waals surface area contributed by atoms with Crippen LogP contribution in [0, 0.1) is 0 Å². The Morgan fingerprint density at radius 3 is 2.26 bits per heavy atom. The van der Waals surface area contributed by atoms with Gasteiger partial charge in [-0.2, -0.15) is 0 Å². The van der Waals surface area contributed by atoms with Crippen LogP contribution in [0.2, 0.25) is 0 Å². The lowest BCUT2D eigenvalue weighted by atomic mass is 9.86. The quantitative estimate of drug-likeness (QED) is 0.647. The van der Waals surface area contributed by atoms with Gasteiger partial charge >= 0.3 is 0 Å². The molecule has 0 radical (unpaired) electrons. The predicted octanol–water partition coefficient (Wildman–Crippen LogP) is 2.84. The van der Waals surface area contributed by atoms with E-state index in [0.29, 0.717) is 12.0 Å². The van der Waals surface area contributed by atoms with Gasteiger partial charge < -0.3 is 11.1 Å². The van der Waals surface area contributed by atoms with Crippen LogP contribution in [-0.2, 0) is 11.8 Å². The van der Waals surface area contributed by atoms with Gasteiger partial charge in [-0.1, -0.05) is 45.0 Å². The molecule has 1 rings (SSSR count). The molecule has 1 aromatic carbocycles. The summed E-state index contributed by atoms with van der Waals surface area (Å²) in [5.41, 5.74) is 8.63. The molecule has 0 saturated heterocycles. The van der Waals surface area contributed by atoms with Crippen LogP contribution in [0.25, 0.3) is 0 Å². The van der Waals surface area contributed by atoms with E-state index in [1.807, 2.05) is 13.8 Å². The summed E-state index contributed by atoms with van der Waals surface area (Å²) in [6.07, 6.45) is 0.922. The molecule has 19 heavy (non-hydrogen) atoms. The van der Waals surface area contributed by atoms with Gasteiger partial charge in [-0.05, 0) is 36.8 Å². The molecule has 0 unspecified atom stereocenters. The number of hydrogen-bond donors (Lipinski definition) is 2. The Hall–Kier alpha value is -1.51. The first-order chi connectivity index (χ1) is 8.79. The minimum absolute atomic E-state index is 0.211. The van der Waals surface area contributed by atoms with Gasteiger partial charge in [-0.15, -0.1) is 0 Å². The van der Waals surface area contributed by atoms with Crippen LogP contribution in [0.15, 0.2) is 29.3 Å². The smallest absolute Gasteiger partial charge is 0.188 e. The molecule has 0 fully saturated rings. The standard InChI is InChI=1S/C16H27N3/c1-12(2)19-15(17)18-11-10-13-6-8-14(9-7-13)16(3,4)5/h6-9,12H,10-11H2,1-5H3,(H3,17,18,19). The van der Waals surface area contributed by atoms with E-state index in [4.69, 9.17) is 5.73 Å². The Morgan fingerprint density at radius 1 is 1.21 bits per heavy atom. The second kappa shape index (κ2) is 6.60. The van der Waals surface area contributed by atoms with Crippen molar-refractivity contribution >= 4 is 5.96 Å². The predicted molar refractivity (Wildman–Crippen MR) is 83.6 cm³/mol. The number of guanidine groups is 1. The van der Waals surface area contributed by atoms with Crippen molar-refractivity contribution in [3.05, 3.63) is 35.4 Å². The summed E-state index contributed by atoms with van der Waals surface area (Å²) in [6.45, 7) is 11.5. The highest BCUT2D eigenvalue weighted by Crippen LogP contribution is 2.22. The van der Waals surface area contributed by atoms with E-state index in [1.54, 1.807) is 0 Å². The normalized spacial score (nSPS) is 12.8. The average Bonchev–Trinajstić information content (AvgIpc) is 2.27. The Bertz CT molecular complexity index is 411. The van der Waals surface area contributed by atoms with E-state index >= 15 is 0 Å². The monoisotopic (exact) mass is 261 g/mol. The van der Waals surface area contributed by atoms with Gasteiger partial charge in [-0.3, -0.25) is 4.99 Å². The zero-order chi connectivity index (χ0) is 14.5. The lowest BCUT2D eigenvalue weighted by molar-refractivity contribution is 0.590. The molecule has 0 spiro atoms. The highest BCUT2D eigenvalue weighted by molar-refractivity contribution is 5.78. The topological polar surface area (TPSA) is 50.4 Å². The third-order valence-corrected chi connectivity index (χ3v) is 2.94. The summed E-state index contributed by atoms with van der Waals surface area (Å²) in [5, 5.41) is 3.09. The van der Waals surface area contributed by atoms with Crippen molar-refractivity contribution in [2.45, 2.75) is 52.5 Å². The van der Waals surface area contributed by atoms with Crippen molar-refractivity contribution in [2.24, 2.45) is 10.7 Å². The molecule has 0 aliphatic carbocycles. The Balaban J connectivity index is 2.51. The molecule has 0 aliphatic heterocycles. The van der Waals surface area contributed by atoms with Crippen molar-refractivity contribution in [3.8, 4) is 0 Å². The fourth-order valence-electron chi connectivity index (χ4n) is 1.82. The van der Waals surface area contributed by atoms with E-state index in [9.17, 15) is 0 Å². The van der Waals surface area contributed by atoms with Gasteiger partial charge in [-0.25, -0.2) is 0 Å². The van der Waals surface area contributed by atoms with Crippen molar-refractivity contribution in [1.29, 1.82) is 0 Å². The number of nitrogens with one attached hydrogen (secondary N) is 1. The van der Waals surface area contributed by atoms with Gasteiger partial charge in [0.15, 0.2) is 5.96 Å². The summed E-state index contributed by atoms with van der Waals surface area (Å²) in [4.78, 5) is 4.31. The van der Waals surface area contributed by atoms with Gasteiger partial charge in [0.1, 0.15) is 0 Å². The molecule has 0 bridgehead atoms. The lowest BCUT2D eigenvalue weighted by Crippen LogP contribution is -2.36. The van der Waals surface area contributed by atoms with Gasteiger partial charge in [0.05, 0.1) is 0 Å². The van der Waals surface area contributed by atoms with Crippen LogP contribution in [0.3, 0.4) is 0 Å². The third kappa shape index (κ3) is 5.77. The van der Waals surface area contributed by atoms with Crippen molar-refractivity contribution in [1.82, 2.24) is 5.32 Å². The van der Waals surface area contributed by atoms with E-state index < -0.39 is 0 Å². The lowest BCUT2D eigenvalue weighted by Gasteiger charge is -2.19. The number of benzene rings is 1. The molecule has 106 valence electrons. The molecule has 0 amide bonds. The van der Waals surface area contributed by atoms with Gasteiger partial charge in [0.25, 0.3) is 0 Å². The highest BCUT2D eigenvalue weighted by atomic mass is 15.1.